The number of isocyanates is 1. The summed E-state index contributed by atoms with van der Waals surface area (Å²) in [6, 6.07) is 7.18. The van der Waals surface area contributed by atoms with Crippen molar-refractivity contribution in [2.45, 2.75) is 52.7 Å². The summed E-state index contributed by atoms with van der Waals surface area (Å²) >= 11 is 0. The first-order chi connectivity index (χ1) is 18.4. The summed E-state index contributed by atoms with van der Waals surface area (Å²) in [4.78, 5) is 28.3. The number of anilines is 2. The number of aliphatic hydroxyl groups is 1. The van der Waals surface area contributed by atoms with Gasteiger partial charge in [-0.2, -0.15) is 13.1 Å². The molecule has 0 unspecified atom stereocenters. The molecule has 0 aliphatic rings. The zero-order valence-electron chi connectivity index (χ0n) is 24.9. The zero-order chi connectivity index (χ0) is 32.7. The van der Waals surface area contributed by atoms with E-state index in [1.165, 1.54) is 18.1 Å². The fourth-order valence-electron chi connectivity index (χ4n) is 2.01. The van der Waals surface area contributed by atoms with Crippen molar-refractivity contribution in [3.8, 4) is 0 Å². The summed E-state index contributed by atoms with van der Waals surface area (Å²) in [6.07, 6.45) is 6.02. The molecule has 0 atom stereocenters. The number of hydrogen-bond donors (Lipinski definition) is 2. The smallest absolute Gasteiger partial charge is 0.443 e. The van der Waals surface area contributed by atoms with Gasteiger partial charge in [0, 0.05) is 74.8 Å². The van der Waals surface area contributed by atoms with Crippen molar-refractivity contribution in [3.63, 3.8) is 0 Å². The molecular formula is C24H40ClN6O8S2+. The second kappa shape index (κ2) is 17.5. The minimum absolute atomic E-state index is 0.500. The number of aromatic nitrogens is 2. The molecule has 14 nitrogen and oxygen atoms in total. The minimum atomic E-state index is -4.00. The topological polar surface area (TPSA) is 180 Å². The number of pyridine rings is 2. The van der Waals surface area contributed by atoms with Gasteiger partial charge < -0.3 is 19.6 Å². The van der Waals surface area contributed by atoms with Crippen LogP contribution in [-0.2, 0) is 29.0 Å². The average Bonchev–Trinajstić information content (AvgIpc) is 2.77. The Balaban J connectivity index is 0. The van der Waals surface area contributed by atoms with Crippen LogP contribution >= 0.6 is 10.7 Å². The molecule has 0 fully saturated rings. The third-order valence-electron chi connectivity index (χ3n) is 3.52. The van der Waals surface area contributed by atoms with E-state index in [9.17, 15) is 21.6 Å². The number of rotatable bonds is 5. The van der Waals surface area contributed by atoms with E-state index in [1.807, 2.05) is 54.8 Å². The van der Waals surface area contributed by atoms with E-state index < -0.39 is 36.7 Å². The summed E-state index contributed by atoms with van der Waals surface area (Å²) in [5.41, 5.74) is 0.762. The number of nitrogens with zero attached hydrogens (tertiary/aromatic N) is 5. The molecule has 0 saturated heterocycles. The lowest BCUT2D eigenvalue weighted by atomic mass is 10.2. The van der Waals surface area contributed by atoms with Gasteiger partial charge >= 0.3 is 25.5 Å². The summed E-state index contributed by atoms with van der Waals surface area (Å²) < 4.78 is 52.9. The van der Waals surface area contributed by atoms with Gasteiger partial charge in [0.25, 0.3) is 6.08 Å². The van der Waals surface area contributed by atoms with Crippen molar-refractivity contribution >= 4 is 53.7 Å². The average molecular weight is 640 g/mol. The van der Waals surface area contributed by atoms with Gasteiger partial charge in [-0.05, 0) is 53.7 Å². The summed E-state index contributed by atoms with van der Waals surface area (Å²) in [7, 11) is 4.07. The van der Waals surface area contributed by atoms with Crippen LogP contribution in [0.5, 0.6) is 0 Å². The molecule has 2 aromatic rings. The molecule has 2 rings (SSSR count). The van der Waals surface area contributed by atoms with Gasteiger partial charge in [-0.15, -0.1) is 8.42 Å². The summed E-state index contributed by atoms with van der Waals surface area (Å²) in [5.74, 6) is 0. The van der Waals surface area contributed by atoms with Gasteiger partial charge in [-0.1, -0.05) is 8.37 Å². The molecule has 17 heteroatoms. The Hall–Kier alpha value is -3.30. The lowest BCUT2D eigenvalue weighted by molar-refractivity contribution is -0.512. The van der Waals surface area contributed by atoms with Gasteiger partial charge in [-0.3, -0.25) is 4.98 Å². The van der Waals surface area contributed by atoms with Crippen LogP contribution in [0.25, 0.3) is 0 Å². The van der Waals surface area contributed by atoms with Crippen LogP contribution in [-0.4, -0.2) is 78.5 Å². The maximum Gasteiger partial charge on any atom is 0.474 e. The number of ether oxygens (including phenoxy) is 1. The molecule has 0 aromatic carbocycles. The number of carbonyl (C=O) groups is 1. The second-order valence-corrected chi connectivity index (χ2v) is 14.0. The Morgan fingerprint density at radius 3 is 1.61 bits per heavy atom. The van der Waals surface area contributed by atoms with Crippen molar-refractivity contribution in [1.29, 1.82) is 0 Å². The maximum absolute atomic E-state index is 11.9. The fraction of sp³-hybridized carbons (Fsp3) is 0.500. The number of hydrogen-bond acceptors (Lipinski definition) is 11. The van der Waals surface area contributed by atoms with E-state index in [4.69, 9.17) is 14.6 Å². The lowest BCUT2D eigenvalue weighted by Gasteiger charge is -2.18. The first-order valence-electron chi connectivity index (χ1n) is 11.7. The summed E-state index contributed by atoms with van der Waals surface area (Å²) in [6.45, 7) is 10.2. The molecule has 0 aliphatic heterocycles. The predicted octanol–water partition coefficient (Wildman–Crippen LogP) is 2.39. The van der Waals surface area contributed by atoms with Crippen LogP contribution in [0.3, 0.4) is 0 Å². The van der Waals surface area contributed by atoms with Gasteiger partial charge in [-0.25, -0.2) is 9.59 Å². The molecule has 0 radical (unpaired) electrons. The van der Waals surface area contributed by atoms with Crippen molar-refractivity contribution < 1.29 is 40.2 Å². The van der Waals surface area contributed by atoms with Gasteiger partial charge in [0.1, 0.15) is 5.60 Å². The van der Waals surface area contributed by atoms with Crippen LogP contribution < -0.4 is 18.5 Å². The Morgan fingerprint density at radius 1 is 0.951 bits per heavy atom. The molecule has 0 saturated carbocycles. The Kier molecular flexibility index (Phi) is 17.0. The van der Waals surface area contributed by atoms with Crippen LogP contribution in [0.15, 0.2) is 53.5 Å². The van der Waals surface area contributed by atoms with E-state index in [0.29, 0.717) is 0 Å². The van der Waals surface area contributed by atoms with Crippen LogP contribution in [0.4, 0.5) is 16.2 Å². The molecular weight excluding hydrogens is 600 g/mol. The van der Waals surface area contributed by atoms with Crippen molar-refractivity contribution in [2.24, 2.45) is 4.40 Å². The molecule has 2 aromatic heterocycles. The van der Waals surface area contributed by atoms with Gasteiger partial charge in [0.15, 0.2) is 12.4 Å². The van der Waals surface area contributed by atoms with Crippen LogP contribution in [0.2, 0.25) is 0 Å². The van der Waals surface area contributed by atoms with Crippen molar-refractivity contribution in [1.82, 2.24) is 9.71 Å². The van der Waals surface area contributed by atoms with Crippen molar-refractivity contribution in [2.75, 3.05) is 38.0 Å². The normalized spacial score (nSPS) is 10.9. The highest BCUT2D eigenvalue weighted by molar-refractivity contribution is 8.12. The van der Waals surface area contributed by atoms with E-state index in [0.717, 1.165) is 15.7 Å². The molecule has 2 N–H and O–H groups in total. The van der Waals surface area contributed by atoms with E-state index in [-0.39, 0.29) is 0 Å². The highest BCUT2D eigenvalue weighted by atomic mass is 35.7. The zero-order valence-corrected chi connectivity index (χ0v) is 27.2. The molecule has 232 valence electrons. The molecule has 2 heterocycles. The Labute approximate surface area is 247 Å². The molecule has 0 spiro atoms. The molecule has 1 amide bonds. The van der Waals surface area contributed by atoms with Crippen LogP contribution in [0.1, 0.15) is 41.5 Å². The number of amides is 1. The lowest BCUT2D eigenvalue weighted by Crippen LogP contribution is -2.52. The minimum Gasteiger partial charge on any atom is -0.443 e. The van der Waals surface area contributed by atoms with Crippen LogP contribution in [0, 0.1) is 0 Å². The summed E-state index contributed by atoms with van der Waals surface area (Å²) in [5, 5.41) is 8.52. The maximum atomic E-state index is 11.9. The second-order valence-electron chi connectivity index (χ2n) is 10.3. The standard InChI is InChI=1S/C12H19N3O4S.C7H10N2.C4H10O.CClNO3S/c1-12(2,3)19-11(16)13-20(17,18)15-8-6-10(7-9-15)14(4)5;1-9(2)7-3-5-8-6-4-7;1-4(2,3)5;2-7(5,6)3-1-4/h6-9H,1-5H3;3-6H,1-2H3;5H,1-3H3;/p+1. The molecule has 0 bridgehead atoms. The third kappa shape index (κ3) is 24.2. The number of halogens is 1. The number of carbonyl (C=O) groups excluding carboxylic acids is 2. The monoisotopic (exact) mass is 639 g/mol. The van der Waals surface area contributed by atoms with Crippen molar-refractivity contribution in [3.05, 3.63) is 49.1 Å². The predicted molar refractivity (Wildman–Crippen MR) is 158 cm³/mol. The SMILES string of the molecule is CC(C)(C)O.CN(C)c1cc[n+](S(=O)(=O)NC(=O)OC(C)(C)C)cc1.CN(C)c1ccncc1.O=C=NS(=O)(=O)Cl. The fourth-order valence-corrected chi connectivity index (χ4v) is 2.98. The third-order valence-corrected chi connectivity index (χ3v) is 5.24. The highest BCUT2D eigenvalue weighted by Crippen LogP contribution is 2.08. The first-order valence-corrected chi connectivity index (χ1v) is 15.4. The Bertz CT molecular complexity index is 1310. The largest absolute Gasteiger partial charge is 0.474 e. The van der Waals surface area contributed by atoms with E-state index in [1.54, 1.807) is 66.1 Å². The first kappa shape index (κ1) is 39.8. The molecule has 0 aliphatic carbocycles. The highest BCUT2D eigenvalue weighted by Gasteiger charge is 2.28. The Morgan fingerprint density at radius 2 is 1.34 bits per heavy atom. The quantitative estimate of drug-likeness (QED) is 0.212. The van der Waals surface area contributed by atoms with Gasteiger partial charge in [0.2, 0.25) is 0 Å². The van der Waals surface area contributed by atoms with E-state index >= 15 is 0 Å². The number of nitrogens with one attached hydrogen (secondary N) is 1. The van der Waals surface area contributed by atoms with E-state index in [2.05, 4.69) is 20.1 Å². The van der Waals surface area contributed by atoms with Gasteiger partial charge in [0.05, 0.1) is 5.60 Å². The molecule has 41 heavy (non-hydrogen) atoms.